The fourth-order valence-electron chi connectivity index (χ4n) is 2.70. The Bertz CT molecular complexity index is 1060. The van der Waals surface area contributed by atoms with Crippen molar-refractivity contribution in [3.05, 3.63) is 72.3 Å². The third kappa shape index (κ3) is 3.84. The van der Waals surface area contributed by atoms with E-state index in [0.29, 0.717) is 12.5 Å². The SMILES string of the molecule is Cc1nc(-c2cccnc2)sc1-c1ccnc(Nc2cccc(CN)c2)n1. The maximum absolute atomic E-state index is 5.71. The van der Waals surface area contributed by atoms with Crippen LogP contribution in [0, 0.1) is 6.92 Å². The van der Waals surface area contributed by atoms with Crippen LogP contribution in [0.4, 0.5) is 11.6 Å². The summed E-state index contributed by atoms with van der Waals surface area (Å²) >= 11 is 1.60. The number of benzene rings is 1. The Balaban J connectivity index is 1.64. The molecule has 0 amide bonds. The van der Waals surface area contributed by atoms with Crippen LogP contribution in [0.2, 0.25) is 0 Å². The van der Waals surface area contributed by atoms with Crippen molar-refractivity contribution < 1.29 is 0 Å². The molecule has 0 saturated carbocycles. The zero-order valence-corrected chi connectivity index (χ0v) is 15.6. The number of nitrogens with one attached hydrogen (secondary N) is 1. The van der Waals surface area contributed by atoms with E-state index in [1.165, 1.54) is 0 Å². The van der Waals surface area contributed by atoms with Crippen molar-refractivity contribution in [2.75, 3.05) is 5.32 Å². The maximum Gasteiger partial charge on any atom is 0.227 e. The largest absolute Gasteiger partial charge is 0.326 e. The average Bonchev–Trinajstić information content (AvgIpc) is 3.11. The normalized spacial score (nSPS) is 10.7. The number of hydrogen-bond acceptors (Lipinski definition) is 7. The molecule has 3 aromatic heterocycles. The maximum atomic E-state index is 5.71. The van der Waals surface area contributed by atoms with Crippen molar-refractivity contribution in [2.45, 2.75) is 13.5 Å². The van der Waals surface area contributed by atoms with Crippen LogP contribution in [-0.2, 0) is 6.54 Å². The highest BCUT2D eigenvalue weighted by molar-refractivity contribution is 7.18. The van der Waals surface area contributed by atoms with Gasteiger partial charge < -0.3 is 11.1 Å². The van der Waals surface area contributed by atoms with Crippen molar-refractivity contribution in [1.29, 1.82) is 0 Å². The van der Waals surface area contributed by atoms with E-state index in [9.17, 15) is 0 Å². The summed E-state index contributed by atoms with van der Waals surface area (Å²) in [7, 11) is 0. The topological polar surface area (TPSA) is 89.6 Å². The minimum Gasteiger partial charge on any atom is -0.326 e. The lowest BCUT2D eigenvalue weighted by Gasteiger charge is -2.07. The van der Waals surface area contributed by atoms with Crippen molar-refractivity contribution in [3.63, 3.8) is 0 Å². The van der Waals surface area contributed by atoms with Crippen LogP contribution in [0.1, 0.15) is 11.3 Å². The summed E-state index contributed by atoms with van der Waals surface area (Å²) in [6.07, 6.45) is 5.33. The second kappa shape index (κ2) is 7.61. The molecule has 6 nitrogen and oxygen atoms in total. The zero-order chi connectivity index (χ0) is 18.6. The Labute approximate surface area is 161 Å². The van der Waals surface area contributed by atoms with Crippen molar-refractivity contribution >= 4 is 23.0 Å². The van der Waals surface area contributed by atoms with Gasteiger partial charge in [-0.3, -0.25) is 4.98 Å². The molecular weight excluding hydrogens is 356 g/mol. The molecule has 0 bridgehead atoms. The number of hydrogen-bond donors (Lipinski definition) is 2. The molecule has 0 aliphatic carbocycles. The Morgan fingerprint density at radius 1 is 1.07 bits per heavy atom. The van der Waals surface area contributed by atoms with Gasteiger partial charge in [0.05, 0.1) is 16.3 Å². The van der Waals surface area contributed by atoms with Gasteiger partial charge in [-0.2, -0.15) is 0 Å². The molecule has 0 atom stereocenters. The molecule has 134 valence electrons. The van der Waals surface area contributed by atoms with Crippen LogP contribution >= 0.6 is 11.3 Å². The summed E-state index contributed by atoms with van der Waals surface area (Å²) in [5.41, 5.74) is 10.5. The minimum atomic E-state index is 0.494. The van der Waals surface area contributed by atoms with E-state index in [-0.39, 0.29) is 0 Å². The van der Waals surface area contributed by atoms with E-state index >= 15 is 0 Å². The van der Waals surface area contributed by atoms with Crippen LogP contribution in [0.15, 0.2) is 61.1 Å². The monoisotopic (exact) mass is 374 g/mol. The quantitative estimate of drug-likeness (QED) is 0.545. The van der Waals surface area contributed by atoms with Crippen LogP contribution < -0.4 is 11.1 Å². The van der Waals surface area contributed by atoms with Gasteiger partial charge >= 0.3 is 0 Å². The highest BCUT2D eigenvalue weighted by Gasteiger charge is 2.13. The number of pyridine rings is 1. The smallest absolute Gasteiger partial charge is 0.227 e. The summed E-state index contributed by atoms with van der Waals surface area (Å²) in [6, 6.07) is 13.7. The second-order valence-electron chi connectivity index (χ2n) is 5.97. The molecule has 0 fully saturated rings. The molecule has 0 spiro atoms. The lowest BCUT2D eigenvalue weighted by Crippen LogP contribution is -2.00. The minimum absolute atomic E-state index is 0.494. The molecule has 0 aliphatic rings. The Morgan fingerprint density at radius 2 is 2.00 bits per heavy atom. The van der Waals surface area contributed by atoms with Crippen molar-refractivity contribution in [2.24, 2.45) is 5.73 Å². The molecule has 0 unspecified atom stereocenters. The van der Waals surface area contributed by atoms with Gasteiger partial charge in [0.2, 0.25) is 5.95 Å². The van der Waals surface area contributed by atoms with Crippen LogP contribution in [0.3, 0.4) is 0 Å². The molecule has 0 aliphatic heterocycles. The third-order valence-electron chi connectivity index (χ3n) is 4.01. The number of nitrogens with zero attached hydrogens (tertiary/aromatic N) is 4. The van der Waals surface area contributed by atoms with E-state index in [2.05, 4.69) is 25.3 Å². The number of rotatable bonds is 5. The predicted molar refractivity (Wildman–Crippen MR) is 109 cm³/mol. The highest BCUT2D eigenvalue weighted by Crippen LogP contribution is 2.34. The van der Waals surface area contributed by atoms with Gasteiger partial charge in [0.15, 0.2) is 0 Å². The first kappa shape index (κ1) is 17.3. The highest BCUT2D eigenvalue weighted by atomic mass is 32.1. The molecule has 3 heterocycles. The van der Waals surface area contributed by atoms with Gasteiger partial charge in [-0.1, -0.05) is 12.1 Å². The van der Waals surface area contributed by atoms with E-state index in [0.717, 1.165) is 38.1 Å². The molecule has 3 N–H and O–H groups in total. The number of aromatic nitrogens is 4. The Morgan fingerprint density at radius 3 is 2.81 bits per heavy atom. The van der Waals surface area contributed by atoms with Gasteiger partial charge in [-0.25, -0.2) is 15.0 Å². The fraction of sp³-hybridized carbons (Fsp3) is 0.100. The second-order valence-corrected chi connectivity index (χ2v) is 6.97. The lowest BCUT2D eigenvalue weighted by atomic mass is 10.2. The zero-order valence-electron chi connectivity index (χ0n) is 14.8. The molecule has 1 aromatic carbocycles. The number of thiazole rings is 1. The first-order valence-corrected chi connectivity index (χ1v) is 9.32. The first-order chi connectivity index (χ1) is 13.2. The molecule has 27 heavy (non-hydrogen) atoms. The summed E-state index contributed by atoms with van der Waals surface area (Å²) in [5, 5.41) is 4.17. The van der Waals surface area contributed by atoms with E-state index in [4.69, 9.17) is 5.73 Å². The standard InChI is InChI=1S/C20H18N6S/c1-13-18(27-19(24-13)15-5-3-8-22-12-15)17-7-9-23-20(26-17)25-16-6-2-4-14(10-16)11-21/h2-10,12H,11,21H2,1H3,(H,23,25,26). The van der Waals surface area contributed by atoms with Gasteiger partial charge in [0.25, 0.3) is 0 Å². The van der Waals surface area contributed by atoms with Crippen LogP contribution in [0.5, 0.6) is 0 Å². The molecule has 4 aromatic rings. The van der Waals surface area contributed by atoms with Crippen LogP contribution in [-0.4, -0.2) is 19.9 Å². The molecule has 0 radical (unpaired) electrons. The Kier molecular flexibility index (Phi) is 4.86. The number of aryl methyl sites for hydroxylation is 1. The lowest BCUT2D eigenvalue weighted by molar-refractivity contribution is 1.07. The Hall–Kier alpha value is -3.16. The van der Waals surface area contributed by atoms with E-state index < -0.39 is 0 Å². The average molecular weight is 374 g/mol. The van der Waals surface area contributed by atoms with Gasteiger partial charge in [-0.15, -0.1) is 11.3 Å². The molecular formula is C20H18N6S. The van der Waals surface area contributed by atoms with Gasteiger partial charge in [0, 0.05) is 36.4 Å². The molecule has 4 rings (SSSR count). The van der Waals surface area contributed by atoms with Gasteiger partial charge in [-0.05, 0) is 42.8 Å². The molecule has 0 saturated heterocycles. The number of anilines is 2. The summed E-state index contributed by atoms with van der Waals surface area (Å²) in [4.78, 5) is 18.9. The van der Waals surface area contributed by atoms with E-state index in [1.807, 2.05) is 55.6 Å². The van der Waals surface area contributed by atoms with Crippen molar-refractivity contribution in [3.8, 4) is 21.1 Å². The van der Waals surface area contributed by atoms with Gasteiger partial charge in [0.1, 0.15) is 5.01 Å². The van der Waals surface area contributed by atoms with Crippen LogP contribution in [0.25, 0.3) is 21.1 Å². The predicted octanol–water partition coefficient (Wildman–Crippen LogP) is 4.17. The molecule has 7 heteroatoms. The first-order valence-electron chi connectivity index (χ1n) is 8.50. The summed E-state index contributed by atoms with van der Waals surface area (Å²) < 4.78 is 0. The number of nitrogens with two attached hydrogens (primary N) is 1. The van der Waals surface area contributed by atoms with E-state index in [1.54, 1.807) is 23.7 Å². The van der Waals surface area contributed by atoms with Crippen molar-refractivity contribution in [1.82, 2.24) is 19.9 Å². The fourth-order valence-corrected chi connectivity index (χ4v) is 3.72. The summed E-state index contributed by atoms with van der Waals surface area (Å²) in [6.45, 7) is 2.49. The summed E-state index contributed by atoms with van der Waals surface area (Å²) in [5.74, 6) is 0.539. The third-order valence-corrected chi connectivity index (χ3v) is 5.24.